The minimum Gasteiger partial charge on any atom is -0.457 e. The van der Waals surface area contributed by atoms with Crippen molar-refractivity contribution < 1.29 is 14.3 Å². The number of carbonyl (C=O) groups excluding carboxylic acids is 1. The van der Waals surface area contributed by atoms with Crippen LogP contribution in [-0.2, 0) is 0 Å². The Morgan fingerprint density at radius 1 is 0.818 bits per heavy atom. The molecule has 0 unspecified atom stereocenters. The molecule has 0 aliphatic carbocycles. The van der Waals surface area contributed by atoms with E-state index in [-0.39, 0.29) is 18.3 Å². The Balaban J connectivity index is 0.00000306. The molecule has 1 aromatic heterocycles. The van der Waals surface area contributed by atoms with Crippen LogP contribution in [0.3, 0.4) is 0 Å². The zero-order valence-corrected chi connectivity index (χ0v) is 19.1. The molecule has 4 rings (SSSR count). The van der Waals surface area contributed by atoms with E-state index in [0.717, 1.165) is 22.7 Å². The third-order valence-electron chi connectivity index (χ3n) is 4.77. The molecule has 3 aromatic carbocycles. The van der Waals surface area contributed by atoms with Crippen LogP contribution in [0.2, 0.25) is 0 Å². The van der Waals surface area contributed by atoms with E-state index < -0.39 is 0 Å². The van der Waals surface area contributed by atoms with Gasteiger partial charge in [0.1, 0.15) is 17.2 Å². The fourth-order valence-electron chi connectivity index (χ4n) is 3.05. The van der Waals surface area contributed by atoms with E-state index in [0.29, 0.717) is 22.9 Å². The van der Waals surface area contributed by atoms with Crippen molar-refractivity contribution in [1.29, 1.82) is 0 Å². The van der Waals surface area contributed by atoms with E-state index in [1.165, 1.54) is 0 Å². The van der Waals surface area contributed by atoms with Crippen LogP contribution in [0.1, 0.15) is 15.9 Å². The van der Waals surface area contributed by atoms with Gasteiger partial charge in [0.25, 0.3) is 5.91 Å². The van der Waals surface area contributed by atoms with Gasteiger partial charge in [0, 0.05) is 24.4 Å². The van der Waals surface area contributed by atoms with Gasteiger partial charge >= 0.3 is 0 Å². The van der Waals surface area contributed by atoms with E-state index in [1.807, 2.05) is 62.5 Å². The van der Waals surface area contributed by atoms with Crippen LogP contribution in [0.5, 0.6) is 23.1 Å². The monoisotopic (exact) mass is 461 g/mol. The summed E-state index contributed by atoms with van der Waals surface area (Å²) in [4.78, 5) is 16.8. The van der Waals surface area contributed by atoms with Gasteiger partial charge in [-0.1, -0.05) is 18.2 Å². The normalized spacial score (nSPS) is 10.0. The van der Waals surface area contributed by atoms with Crippen LogP contribution in [0.4, 0.5) is 11.4 Å². The minimum atomic E-state index is -0.231. The molecule has 0 spiro atoms. The number of aryl methyl sites for hydroxylation is 1. The van der Waals surface area contributed by atoms with Crippen LogP contribution < -0.4 is 20.1 Å². The molecule has 168 valence electrons. The summed E-state index contributed by atoms with van der Waals surface area (Å²) in [5.41, 5.74) is 3.11. The summed E-state index contributed by atoms with van der Waals surface area (Å²) in [5.74, 6) is 2.35. The third-order valence-corrected chi connectivity index (χ3v) is 4.77. The second-order valence-electron chi connectivity index (χ2n) is 7.11. The zero-order chi connectivity index (χ0) is 22.3. The lowest BCUT2D eigenvalue weighted by molar-refractivity contribution is 0.102. The minimum absolute atomic E-state index is 0. The first-order valence-electron chi connectivity index (χ1n) is 10.2. The molecule has 0 fully saturated rings. The molecule has 0 atom stereocenters. The molecule has 0 saturated heterocycles. The van der Waals surface area contributed by atoms with Crippen molar-refractivity contribution in [3.63, 3.8) is 0 Å². The van der Waals surface area contributed by atoms with Crippen molar-refractivity contribution in [2.24, 2.45) is 0 Å². The Morgan fingerprint density at radius 2 is 1.52 bits per heavy atom. The first kappa shape index (κ1) is 23.6. The van der Waals surface area contributed by atoms with Crippen LogP contribution in [0.15, 0.2) is 91.1 Å². The maximum atomic E-state index is 12.5. The highest BCUT2D eigenvalue weighted by atomic mass is 35.5. The van der Waals surface area contributed by atoms with Gasteiger partial charge in [0.15, 0.2) is 0 Å². The summed E-state index contributed by atoms with van der Waals surface area (Å²) in [6.07, 6.45) is 1.57. The van der Waals surface area contributed by atoms with Crippen molar-refractivity contribution in [3.05, 3.63) is 102 Å². The molecule has 0 saturated carbocycles. The highest BCUT2D eigenvalue weighted by Gasteiger charge is 2.08. The number of amides is 1. The van der Waals surface area contributed by atoms with Crippen LogP contribution >= 0.6 is 12.4 Å². The fraction of sp³-hybridized carbons (Fsp3) is 0.0769. The Kier molecular flexibility index (Phi) is 7.89. The average Bonchev–Trinajstić information content (AvgIpc) is 2.82. The van der Waals surface area contributed by atoms with Gasteiger partial charge in [-0.05, 0) is 73.2 Å². The quantitative estimate of drug-likeness (QED) is 0.320. The first-order valence-corrected chi connectivity index (χ1v) is 10.2. The smallest absolute Gasteiger partial charge is 0.255 e. The maximum Gasteiger partial charge on any atom is 0.255 e. The number of ether oxygens (including phenoxy) is 2. The second-order valence-corrected chi connectivity index (χ2v) is 7.11. The van der Waals surface area contributed by atoms with Crippen LogP contribution in [0, 0.1) is 6.92 Å². The summed E-state index contributed by atoms with van der Waals surface area (Å²) in [6, 6.07) is 25.8. The molecule has 4 aromatic rings. The number of rotatable bonds is 7. The number of benzene rings is 3. The van der Waals surface area contributed by atoms with Gasteiger partial charge in [-0.15, -0.1) is 12.4 Å². The van der Waals surface area contributed by atoms with E-state index in [9.17, 15) is 4.79 Å². The number of hydrogen-bond acceptors (Lipinski definition) is 5. The number of nitrogens with one attached hydrogen (secondary N) is 2. The number of aromatic nitrogens is 1. The lowest BCUT2D eigenvalue weighted by atomic mass is 10.2. The van der Waals surface area contributed by atoms with Crippen molar-refractivity contribution in [3.8, 4) is 23.1 Å². The van der Waals surface area contributed by atoms with Gasteiger partial charge in [-0.2, -0.15) is 0 Å². The summed E-state index contributed by atoms with van der Waals surface area (Å²) in [6.45, 7) is 1.97. The van der Waals surface area contributed by atoms with E-state index in [2.05, 4.69) is 15.6 Å². The molecular weight excluding hydrogens is 438 g/mol. The van der Waals surface area contributed by atoms with Crippen molar-refractivity contribution >= 4 is 29.7 Å². The maximum absolute atomic E-state index is 12.5. The Bertz CT molecular complexity index is 1200. The molecule has 0 aliphatic heterocycles. The lowest BCUT2D eigenvalue weighted by Gasteiger charge is -2.10. The number of hydrogen-bond donors (Lipinski definition) is 2. The van der Waals surface area contributed by atoms with E-state index >= 15 is 0 Å². The molecule has 1 amide bonds. The molecule has 33 heavy (non-hydrogen) atoms. The predicted octanol–water partition coefficient (Wildman–Crippen LogP) is 6.69. The number of pyridine rings is 1. The molecular formula is C26H24ClN3O3. The Hall–Kier alpha value is -4.03. The van der Waals surface area contributed by atoms with Crippen molar-refractivity contribution in [2.75, 3.05) is 17.7 Å². The largest absolute Gasteiger partial charge is 0.457 e. The zero-order valence-electron chi connectivity index (χ0n) is 18.2. The molecule has 0 radical (unpaired) electrons. The first-order chi connectivity index (χ1) is 15.6. The SMILES string of the molecule is CNc1ccc(Oc2ccc(NC(=O)c3ccc(Oc4ccccc4)cc3)cn2)c(C)c1.Cl. The number of halogens is 1. The van der Waals surface area contributed by atoms with Gasteiger partial charge < -0.3 is 20.1 Å². The standard InChI is InChI=1S/C26H23N3O3.ClH/c1-18-16-20(27-2)10-14-24(18)32-25-15-11-21(17-28-25)29-26(30)19-8-12-23(13-9-19)31-22-6-4-3-5-7-22;/h3-17,27H,1-2H3,(H,29,30);1H. The second kappa shape index (κ2) is 11.0. The van der Waals surface area contributed by atoms with Crippen LogP contribution in [0.25, 0.3) is 0 Å². The number of carbonyl (C=O) groups is 1. The highest BCUT2D eigenvalue weighted by Crippen LogP contribution is 2.27. The third kappa shape index (κ3) is 6.24. The fourth-order valence-corrected chi connectivity index (χ4v) is 3.05. The van der Waals surface area contributed by atoms with E-state index in [4.69, 9.17) is 9.47 Å². The topological polar surface area (TPSA) is 72.5 Å². The Morgan fingerprint density at radius 3 is 2.15 bits per heavy atom. The summed E-state index contributed by atoms with van der Waals surface area (Å²) >= 11 is 0. The van der Waals surface area contributed by atoms with E-state index in [1.54, 1.807) is 42.6 Å². The molecule has 1 heterocycles. The number of anilines is 2. The highest BCUT2D eigenvalue weighted by molar-refractivity contribution is 6.04. The van der Waals surface area contributed by atoms with Crippen molar-refractivity contribution in [2.45, 2.75) is 6.92 Å². The lowest BCUT2D eigenvalue weighted by Crippen LogP contribution is -2.11. The van der Waals surface area contributed by atoms with Crippen LogP contribution in [-0.4, -0.2) is 17.9 Å². The average molecular weight is 462 g/mol. The van der Waals surface area contributed by atoms with Gasteiger partial charge in [-0.25, -0.2) is 4.98 Å². The summed E-state index contributed by atoms with van der Waals surface area (Å²) in [5, 5.41) is 5.93. The predicted molar refractivity (Wildman–Crippen MR) is 133 cm³/mol. The molecule has 0 aliphatic rings. The number of para-hydroxylation sites is 1. The van der Waals surface area contributed by atoms with Crippen molar-refractivity contribution in [1.82, 2.24) is 4.98 Å². The van der Waals surface area contributed by atoms with Gasteiger partial charge in [0.05, 0.1) is 11.9 Å². The summed E-state index contributed by atoms with van der Waals surface area (Å²) in [7, 11) is 1.87. The number of nitrogens with zero attached hydrogens (tertiary/aromatic N) is 1. The summed E-state index contributed by atoms with van der Waals surface area (Å²) < 4.78 is 11.6. The molecule has 7 heteroatoms. The molecule has 2 N–H and O–H groups in total. The van der Waals surface area contributed by atoms with Gasteiger partial charge in [-0.3, -0.25) is 4.79 Å². The molecule has 0 bridgehead atoms. The van der Waals surface area contributed by atoms with Gasteiger partial charge in [0.2, 0.25) is 5.88 Å². The Labute approximate surface area is 199 Å². The molecule has 6 nitrogen and oxygen atoms in total.